The highest BCUT2D eigenvalue weighted by molar-refractivity contribution is 6.42. The average Bonchev–Trinajstić information content (AvgIpc) is 3.30. The second kappa shape index (κ2) is 9.68. The minimum Gasteiger partial charge on any atom is -0.368 e. The van der Waals surface area contributed by atoms with Gasteiger partial charge in [-0.3, -0.25) is 14.7 Å². The molecule has 0 aliphatic carbocycles. The zero-order valence-corrected chi connectivity index (χ0v) is 20.1. The largest absolute Gasteiger partial charge is 0.368 e. The number of nitrogens with one attached hydrogen (secondary N) is 1. The number of carbonyl (C=O) groups is 2. The Hall–Kier alpha value is -3.03. The number of benzene rings is 2. The standard InChI is InChI=1S/C25H25Cl2N5O2/c26-20-7-6-17(14-21(20)27)15-23(33)32-9-8-22-19(16-32)24(29-28-22)25(34)31-12-10-30(11-13-31)18-4-2-1-3-5-18/h1-7,14H,8-13,15-16H2,(H,28,29). The third-order valence-electron chi connectivity index (χ3n) is 6.52. The Bertz CT molecular complexity index is 1210. The van der Waals surface area contributed by atoms with Crippen molar-refractivity contribution >= 4 is 40.7 Å². The molecule has 0 spiro atoms. The van der Waals surface area contributed by atoms with Gasteiger partial charge in [-0.15, -0.1) is 0 Å². The van der Waals surface area contributed by atoms with Gasteiger partial charge in [0.05, 0.1) is 16.5 Å². The molecule has 176 valence electrons. The van der Waals surface area contributed by atoms with E-state index in [9.17, 15) is 9.59 Å². The van der Waals surface area contributed by atoms with Gasteiger partial charge in [-0.2, -0.15) is 5.10 Å². The van der Waals surface area contributed by atoms with E-state index in [0.717, 1.165) is 29.9 Å². The van der Waals surface area contributed by atoms with E-state index in [1.807, 2.05) is 29.2 Å². The Labute approximate surface area is 208 Å². The van der Waals surface area contributed by atoms with E-state index in [0.29, 0.717) is 48.3 Å². The summed E-state index contributed by atoms with van der Waals surface area (Å²) < 4.78 is 0. The number of piperazine rings is 1. The molecule has 0 saturated carbocycles. The normalized spacial score (nSPS) is 15.9. The van der Waals surface area contributed by atoms with Crippen LogP contribution in [0.4, 0.5) is 5.69 Å². The summed E-state index contributed by atoms with van der Waals surface area (Å²) in [4.78, 5) is 32.2. The first-order valence-corrected chi connectivity index (χ1v) is 12.1. The van der Waals surface area contributed by atoms with Gasteiger partial charge in [0.1, 0.15) is 0 Å². The van der Waals surface area contributed by atoms with Crippen LogP contribution in [-0.4, -0.2) is 64.5 Å². The zero-order chi connectivity index (χ0) is 23.7. The first-order chi connectivity index (χ1) is 16.5. The number of aromatic nitrogens is 2. The molecule has 0 atom stereocenters. The molecule has 9 heteroatoms. The number of halogens is 2. The summed E-state index contributed by atoms with van der Waals surface area (Å²) in [6.45, 7) is 3.77. The fourth-order valence-corrected chi connectivity index (χ4v) is 4.90. The number of amides is 2. The van der Waals surface area contributed by atoms with Crippen molar-refractivity contribution in [2.24, 2.45) is 0 Å². The number of anilines is 1. The SMILES string of the molecule is O=C(Cc1ccc(Cl)c(Cl)c1)N1CCc2[nH]nc(C(=O)N3CCN(c4ccccc4)CC3)c2C1. The van der Waals surface area contributed by atoms with Gasteiger partial charge in [-0.25, -0.2) is 0 Å². The van der Waals surface area contributed by atoms with Crippen LogP contribution >= 0.6 is 23.2 Å². The van der Waals surface area contributed by atoms with Crippen LogP contribution in [0.2, 0.25) is 10.0 Å². The fraction of sp³-hybridized carbons (Fsp3) is 0.320. The van der Waals surface area contributed by atoms with Crippen molar-refractivity contribution in [3.8, 4) is 0 Å². The number of para-hydroxylation sites is 1. The summed E-state index contributed by atoms with van der Waals surface area (Å²) in [5.41, 5.74) is 4.16. The molecule has 2 amide bonds. The number of carbonyl (C=O) groups excluding carboxylic acids is 2. The van der Waals surface area contributed by atoms with Crippen LogP contribution in [0.1, 0.15) is 27.3 Å². The number of nitrogens with zero attached hydrogens (tertiary/aromatic N) is 4. The Morgan fingerprint density at radius 2 is 1.68 bits per heavy atom. The number of H-pyrrole nitrogens is 1. The molecular formula is C25H25Cl2N5O2. The van der Waals surface area contributed by atoms with E-state index in [4.69, 9.17) is 23.2 Å². The first-order valence-electron chi connectivity index (χ1n) is 11.4. The predicted octanol–water partition coefficient (Wildman–Crippen LogP) is 3.81. The maximum absolute atomic E-state index is 13.3. The monoisotopic (exact) mass is 497 g/mol. The highest BCUT2D eigenvalue weighted by Crippen LogP contribution is 2.25. The van der Waals surface area contributed by atoms with Crippen LogP contribution in [0.15, 0.2) is 48.5 Å². The van der Waals surface area contributed by atoms with Gasteiger partial charge in [0, 0.05) is 62.6 Å². The Kier molecular flexibility index (Phi) is 6.48. The summed E-state index contributed by atoms with van der Waals surface area (Å²) >= 11 is 12.1. The number of rotatable bonds is 4. The van der Waals surface area contributed by atoms with Crippen molar-refractivity contribution in [2.45, 2.75) is 19.4 Å². The lowest BCUT2D eigenvalue weighted by atomic mass is 10.0. The number of hydrogen-bond donors (Lipinski definition) is 1. The molecule has 5 rings (SSSR count). The molecule has 2 aliphatic rings. The second-order valence-corrected chi connectivity index (χ2v) is 9.45. The van der Waals surface area contributed by atoms with Crippen molar-refractivity contribution in [1.29, 1.82) is 0 Å². The molecule has 0 bridgehead atoms. The summed E-state index contributed by atoms with van der Waals surface area (Å²) in [5.74, 6) is -0.0934. The number of fused-ring (bicyclic) bond motifs is 1. The Morgan fingerprint density at radius 3 is 2.41 bits per heavy atom. The van der Waals surface area contributed by atoms with E-state index in [-0.39, 0.29) is 18.2 Å². The van der Waals surface area contributed by atoms with E-state index in [1.54, 1.807) is 17.0 Å². The fourth-order valence-electron chi connectivity index (χ4n) is 4.58. The van der Waals surface area contributed by atoms with Gasteiger partial charge < -0.3 is 14.7 Å². The lowest BCUT2D eigenvalue weighted by Gasteiger charge is -2.36. The smallest absolute Gasteiger partial charge is 0.274 e. The quantitative estimate of drug-likeness (QED) is 0.594. The second-order valence-electron chi connectivity index (χ2n) is 8.63. The van der Waals surface area contributed by atoms with Crippen LogP contribution in [0.25, 0.3) is 0 Å². The molecular weight excluding hydrogens is 473 g/mol. The van der Waals surface area contributed by atoms with Crippen LogP contribution in [0.3, 0.4) is 0 Å². The molecule has 0 unspecified atom stereocenters. The molecule has 7 nitrogen and oxygen atoms in total. The van der Waals surface area contributed by atoms with Crippen molar-refractivity contribution in [3.63, 3.8) is 0 Å². The van der Waals surface area contributed by atoms with E-state index < -0.39 is 0 Å². The molecule has 2 aromatic carbocycles. The van der Waals surface area contributed by atoms with Crippen LogP contribution in [0.5, 0.6) is 0 Å². The lowest BCUT2D eigenvalue weighted by molar-refractivity contribution is -0.131. The highest BCUT2D eigenvalue weighted by Gasteiger charge is 2.31. The van der Waals surface area contributed by atoms with Crippen molar-refractivity contribution in [3.05, 3.63) is 81.1 Å². The van der Waals surface area contributed by atoms with Crippen LogP contribution in [-0.2, 0) is 24.2 Å². The van der Waals surface area contributed by atoms with Crippen LogP contribution < -0.4 is 4.90 Å². The van der Waals surface area contributed by atoms with Gasteiger partial charge in [-0.1, -0.05) is 47.5 Å². The molecule has 2 aliphatic heterocycles. The summed E-state index contributed by atoms with van der Waals surface area (Å²) in [6, 6.07) is 15.5. The molecule has 3 aromatic rings. The molecule has 0 radical (unpaired) electrons. The van der Waals surface area contributed by atoms with Crippen LogP contribution in [0, 0.1) is 0 Å². The summed E-state index contributed by atoms with van der Waals surface area (Å²) in [5, 5.41) is 8.27. The molecule has 3 heterocycles. The number of hydrogen-bond acceptors (Lipinski definition) is 4. The van der Waals surface area contributed by atoms with Gasteiger partial charge in [0.2, 0.25) is 5.91 Å². The summed E-state index contributed by atoms with van der Waals surface area (Å²) in [7, 11) is 0. The van der Waals surface area contributed by atoms with Gasteiger partial charge in [0.25, 0.3) is 5.91 Å². The highest BCUT2D eigenvalue weighted by atomic mass is 35.5. The Morgan fingerprint density at radius 1 is 0.912 bits per heavy atom. The molecule has 1 N–H and O–H groups in total. The van der Waals surface area contributed by atoms with E-state index in [2.05, 4.69) is 27.2 Å². The van der Waals surface area contributed by atoms with Gasteiger partial charge >= 0.3 is 0 Å². The lowest BCUT2D eigenvalue weighted by Crippen LogP contribution is -2.49. The maximum Gasteiger partial charge on any atom is 0.274 e. The zero-order valence-electron chi connectivity index (χ0n) is 18.6. The Balaban J connectivity index is 1.24. The van der Waals surface area contributed by atoms with Gasteiger partial charge in [-0.05, 0) is 29.8 Å². The third-order valence-corrected chi connectivity index (χ3v) is 7.26. The average molecular weight is 498 g/mol. The molecule has 1 fully saturated rings. The van der Waals surface area contributed by atoms with Gasteiger partial charge in [0.15, 0.2) is 5.69 Å². The van der Waals surface area contributed by atoms with Crippen molar-refractivity contribution in [1.82, 2.24) is 20.0 Å². The molecule has 1 saturated heterocycles. The topological polar surface area (TPSA) is 72.5 Å². The maximum atomic E-state index is 13.3. The molecule has 34 heavy (non-hydrogen) atoms. The predicted molar refractivity (Wildman–Crippen MR) is 132 cm³/mol. The van der Waals surface area contributed by atoms with Crippen molar-refractivity contribution < 1.29 is 9.59 Å². The summed E-state index contributed by atoms with van der Waals surface area (Å²) in [6.07, 6.45) is 0.874. The first kappa shape index (κ1) is 22.7. The minimum atomic E-state index is -0.0796. The van der Waals surface area contributed by atoms with Crippen molar-refractivity contribution in [2.75, 3.05) is 37.6 Å². The third kappa shape index (κ3) is 4.63. The van der Waals surface area contributed by atoms with E-state index in [1.165, 1.54) is 5.69 Å². The van der Waals surface area contributed by atoms with E-state index >= 15 is 0 Å². The number of aromatic amines is 1. The minimum absolute atomic E-state index is 0.0138. The molecule has 1 aromatic heterocycles.